The highest BCUT2D eigenvalue weighted by Crippen LogP contribution is 2.24. The molecule has 5 nitrogen and oxygen atoms in total. The van der Waals surface area contributed by atoms with E-state index in [0.717, 1.165) is 11.1 Å². The number of hydrogen-bond acceptors (Lipinski definition) is 4. The minimum atomic E-state index is -0.451. The summed E-state index contributed by atoms with van der Waals surface area (Å²) in [6.45, 7) is 9.42. The second-order valence-corrected chi connectivity index (χ2v) is 6.88. The standard InChI is InChI=1S/C21H22FN3O2/c1-11(2)27-21-19(20(26)24-16-7-6-15(22)8-14(16)5)23-17-9-12(3)13(4)10-18(17)25-21/h6-11H,1-5H3,(H,24,26). The van der Waals surface area contributed by atoms with Crippen molar-refractivity contribution < 1.29 is 13.9 Å². The Hall–Kier alpha value is -3.02. The minimum Gasteiger partial charge on any atom is -0.473 e. The van der Waals surface area contributed by atoms with Gasteiger partial charge in [-0.15, -0.1) is 0 Å². The van der Waals surface area contributed by atoms with Crippen LogP contribution in [0.3, 0.4) is 0 Å². The molecule has 0 saturated heterocycles. The molecule has 0 saturated carbocycles. The van der Waals surface area contributed by atoms with E-state index in [1.54, 1.807) is 6.92 Å². The molecule has 0 atom stereocenters. The van der Waals surface area contributed by atoms with Crippen molar-refractivity contribution in [2.75, 3.05) is 5.32 Å². The van der Waals surface area contributed by atoms with Gasteiger partial charge in [-0.1, -0.05) is 0 Å². The molecule has 0 aliphatic heterocycles. The number of halogens is 1. The Labute approximate surface area is 157 Å². The molecule has 27 heavy (non-hydrogen) atoms. The number of anilines is 1. The zero-order valence-corrected chi connectivity index (χ0v) is 16.1. The second kappa shape index (κ2) is 7.31. The van der Waals surface area contributed by atoms with E-state index >= 15 is 0 Å². The second-order valence-electron chi connectivity index (χ2n) is 6.88. The van der Waals surface area contributed by atoms with Crippen molar-refractivity contribution in [2.45, 2.75) is 40.7 Å². The molecule has 0 fully saturated rings. The number of fused-ring (bicyclic) bond motifs is 1. The fourth-order valence-corrected chi connectivity index (χ4v) is 2.70. The molecule has 0 unspecified atom stereocenters. The summed E-state index contributed by atoms with van der Waals surface area (Å²) in [7, 11) is 0. The first-order valence-corrected chi connectivity index (χ1v) is 8.77. The number of carbonyl (C=O) groups is 1. The molecule has 0 aliphatic carbocycles. The van der Waals surface area contributed by atoms with Crippen molar-refractivity contribution in [2.24, 2.45) is 0 Å². The SMILES string of the molecule is Cc1cc2nc(OC(C)C)c(C(=O)Nc3ccc(F)cc3C)nc2cc1C. The topological polar surface area (TPSA) is 64.1 Å². The predicted octanol–water partition coefficient (Wildman–Crippen LogP) is 4.73. The molecule has 0 aliphatic rings. The third-order valence-corrected chi connectivity index (χ3v) is 4.25. The first kappa shape index (κ1) is 18.8. The molecular weight excluding hydrogens is 345 g/mol. The fourth-order valence-electron chi connectivity index (χ4n) is 2.70. The number of amides is 1. The van der Waals surface area contributed by atoms with Gasteiger partial charge in [0.25, 0.3) is 5.91 Å². The molecule has 1 aromatic heterocycles. The predicted molar refractivity (Wildman–Crippen MR) is 104 cm³/mol. The lowest BCUT2D eigenvalue weighted by Gasteiger charge is -2.15. The quantitative estimate of drug-likeness (QED) is 0.724. The Morgan fingerprint density at radius 1 is 1.00 bits per heavy atom. The van der Waals surface area contributed by atoms with Crippen molar-refractivity contribution in [3.8, 4) is 5.88 Å². The Balaban J connectivity index is 2.06. The first-order valence-electron chi connectivity index (χ1n) is 8.77. The molecular formula is C21H22FN3O2. The Morgan fingerprint density at radius 3 is 2.22 bits per heavy atom. The number of aryl methyl sites for hydroxylation is 3. The maximum absolute atomic E-state index is 13.3. The van der Waals surface area contributed by atoms with Gasteiger partial charge >= 0.3 is 0 Å². The molecule has 0 radical (unpaired) electrons. The van der Waals surface area contributed by atoms with E-state index in [1.165, 1.54) is 18.2 Å². The summed E-state index contributed by atoms with van der Waals surface area (Å²) < 4.78 is 19.0. The highest BCUT2D eigenvalue weighted by molar-refractivity contribution is 6.05. The summed E-state index contributed by atoms with van der Waals surface area (Å²) in [5, 5.41) is 2.77. The maximum atomic E-state index is 13.3. The average molecular weight is 367 g/mol. The number of ether oxygens (including phenoxy) is 1. The van der Waals surface area contributed by atoms with Crippen LogP contribution in [0.1, 0.15) is 41.0 Å². The third-order valence-electron chi connectivity index (χ3n) is 4.25. The highest BCUT2D eigenvalue weighted by atomic mass is 19.1. The first-order chi connectivity index (χ1) is 12.7. The van der Waals surface area contributed by atoms with Crippen LogP contribution in [0.5, 0.6) is 5.88 Å². The molecule has 6 heteroatoms. The van der Waals surface area contributed by atoms with Crippen molar-refractivity contribution in [1.82, 2.24) is 9.97 Å². The van der Waals surface area contributed by atoms with Gasteiger partial charge in [0.2, 0.25) is 5.88 Å². The van der Waals surface area contributed by atoms with E-state index in [0.29, 0.717) is 22.3 Å². The van der Waals surface area contributed by atoms with Crippen LogP contribution in [-0.4, -0.2) is 22.0 Å². The fraction of sp³-hybridized carbons (Fsp3) is 0.286. The molecule has 3 rings (SSSR count). The lowest BCUT2D eigenvalue weighted by molar-refractivity contribution is 0.101. The molecule has 1 N–H and O–H groups in total. The normalized spacial score (nSPS) is 11.1. The van der Waals surface area contributed by atoms with Crippen molar-refractivity contribution in [3.05, 3.63) is 58.5 Å². The number of nitrogens with zero attached hydrogens (tertiary/aromatic N) is 2. The molecule has 0 spiro atoms. The maximum Gasteiger partial charge on any atom is 0.279 e. The van der Waals surface area contributed by atoms with Crippen molar-refractivity contribution >= 4 is 22.6 Å². The van der Waals surface area contributed by atoms with Gasteiger partial charge in [-0.05, 0) is 81.6 Å². The molecule has 1 amide bonds. The zero-order valence-electron chi connectivity index (χ0n) is 16.1. The number of aromatic nitrogens is 2. The smallest absolute Gasteiger partial charge is 0.279 e. The van der Waals surface area contributed by atoms with Gasteiger partial charge in [0, 0.05) is 5.69 Å². The van der Waals surface area contributed by atoms with Crippen LogP contribution in [-0.2, 0) is 0 Å². The van der Waals surface area contributed by atoms with Crippen LogP contribution >= 0.6 is 0 Å². The highest BCUT2D eigenvalue weighted by Gasteiger charge is 2.20. The Morgan fingerprint density at radius 2 is 1.63 bits per heavy atom. The van der Waals surface area contributed by atoms with Crippen LogP contribution in [0.15, 0.2) is 30.3 Å². The summed E-state index contributed by atoms with van der Waals surface area (Å²) in [6.07, 6.45) is -0.164. The molecule has 140 valence electrons. The van der Waals surface area contributed by atoms with Crippen LogP contribution < -0.4 is 10.1 Å². The zero-order chi connectivity index (χ0) is 19.7. The summed E-state index contributed by atoms with van der Waals surface area (Å²) in [6, 6.07) is 8.01. The van der Waals surface area contributed by atoms with Crippen LogP contribution in [0, 0.1) is 26.6 Å². The van der Waals surface area contributed by atoms with Gasteiger partial charge in [0.05, 0.1) is 17.1 Å². The lowest BCUT2D eigenvalue weighted by Crippen LogP contribution is -2.19. The third kappa shape index (κ3) is 4.05. The van der Waals surface area contributed by atoms with E-state index in [9.17, 15) is 9.18 Å². The van der Waals surface area contributed by atoms with Crippen LogP contribution in [0.4, 0.5) is 10.1 Å². The van der Waals surface area contributed by atoms with Gasteiger partial charge < -0.3 is 10.1 Å². The van der Waals surface area contributed by atoms with Gasteiger partial charge in [-0.3, -0.25) is 4.79 Å². The molecule has 0 bridgehead atoms. The van der Waals surface area contributed by atoms with Crippen molar-refractivity contribution in [1.29, 1.82) is 0 Å². The number of rotatable bonds is 4. The van der Waals surface area contributed by atoms with E-state index in [2.05, 4.69) is 15.3 Å². The van der Waals surface area contributed by atoms with E-state index in [4.69, 9.17) is 4.74 Å². The Bertz CT molecular complexity index is 1030. The summed E-state index contributed by atoms with van der Waals surface area (Å²) in [5.41, 5.74) is 4.68. The Kier molecular flexibility index (Phi) is 5.08. The average Bonchev–Trinajstić information content (AvgIpc) is 2.57. The molecule has 3 aromatic rings. The summed E-state index contributed by atoms with van der Waals surface area (Å²) in [4.78, 5) is 21.9. The number of nitrogens with one attached hydrogen (secondary N) is 1. The van der Waals surface area contributed by atoms with E-state index < -0.39 is 5.91 Å². The lowest BCUT2D eigenvalue weighted by atomic mass is 10.1. The number of hydrogen-bond donors (Lipinski definition) is 1. The van der Waals surface area contributed by atoms with Gasteiger partial charge in [-0.2, -0.15) is 0 Å². The minimum absolute atomic E-state index is 0.100. The monoisotopic (exact) mass is 367 g/mol. The summed E-state index contributed by atoms with van der Waals surface area (Å²) >= 11 is 0. The molecule has 2 aromatic carbocycles. The van der Waals surface area contributed by atoms with E-state index in [-0.39, 0.29) is 23.5 Å². The largest absolute Gasteiger partial charge is 0.473 e. The van der Waals surface area contributed by atoms with Gasteiger partial charge in [0.1, 0.15) is 5.82 Å². The number of benzene rings is 2. The van der Waals surface area contributed by atoms with Crippen LogP contribution in [0.2, 0.25) is 0 Å². The molecule has 1 heterocycles. The van der Waals surface area contributed by atoms with Crippen LogP contribution in [0.25, 0.3) is 11.0 Å². The summed E-state index contributed by atoms with van der Waals surface area (Å²) in [5.74, 6) is -0.628. The van der Waals surface area contributed by atoms with Gasteiger partial charge in [-0.25, -0.2) is 14.4 Å². The number of carbonyl (C=O) groups excluding carboxylic acids is 1. The van der Waals surface area contributed by atoms with E-state index in [1.807, 2.05) is 39.8 Å². The van der Waals surface area contributed by atoms with Crippen molar-refractivity contribution in [3.63, 3.8) is 0 Å². The van der Waals surface area contributed by atoms with Gasteiger partial charge in [0.15, 0.2) is 5.69 Å².